The molecule has 1 heterocycles. The van der Waals surface area contributed by atoms with Crippen molar-refractivity contribution in [3.8, 4) is 0 Å². The molecule has 25 heavy (non-hydrogen) atoms. The molecule has 6 heteroatoms. The molecule has 1 fully saturated rings. The lowest BCUT2D eigenvalue weighted by Gasteiger charge is -2.17. The molecule has 1 aromatic rings. The largest absolute Gasteiger partial charge is 0.481 e. The van der Waals surface area contributed by atoms with Gasteiger partial charge in [0, 0.05) is 25.4 Å². The Hall–Kier alpha value is -2.37. The minimum atomic E-state index is -0.898. The Kier molecular flexibility index (Phi) is 6.56. The fraction of sp³-hybridized carbons (Fsp3) is 0.526. The van der Waals surface area contributed by atoms with E-state index in [1.165, 1.54) is 0 Å². The highest BCUT2D eigenvalue weighted by atomic mass is 16.4. The molecule has 0 bridgehead atoms. The van der Waals surface area contributed by atoms with Crippen LogP contribution in [0.5, 0.6) is 0 Å². The lowest BCUT2D eigenvalue weighted by molar-refractivity contribution is -0.142. The van der Waals surface area contributed by atoms with Crippen LogP contribution in [0.1, 0.15) is 38.2 Å². The Balaban J connectivity index is 1.93. The van der Waals surface area contributed by atoms with Crippen LogP contribution in [0.3, 0.4) is 0 Å². The van der Waals surface area contributed by atoms with E-state index in [4.69, 9.17) is 0 Å². The maximum Gasteiger partial charge on any atom is 0.308 e. The second-order valence-corrected chi connectivity index (χ2v) is 6.97. The number of amides is 2. The van der Waals surface area contributed by atoms with Crippen molar-refractivity contribution in [1.29, 1.82) is 0 Å². The Morgan fingerprint density at radius 3 is 2.48 bits per heavy atom. The van der Waals surface area contributed by atoms with Crippen LogP contribution in [-0.4, -0.2) is 47.4 Å². The van der Waals surface area contributed by atoms with Crippen molar-refractivity contribution < 1.29 is 19.5 Å². The zero-order valence-electron chi connectivity index (χ0n) is 14.8. The Labute approximate surface area is 148 Å². The van der Waals surface area contributed by atoms with Gasteiger partial charge in [-0.25, -0.2) is 0 Å². The lowest BCUT2D eigenvalue weighted by atomic mass is 9.89. The average Bonchev–Trinajstić information content (AvgIpc) is 3.04. The summed E-state index contributed by atoms with van der Waals surface area (Å²) >= 11 is 0. The van der Waals surface area contributed by atoms with Gasteiger partial charge in [-0.2, -0.15) is 0 Å². The number of carbonyl (C=O) groups excluding carboxylic acids is 2. The molecule has 1 saturated heterocycles. The van der Waals surface area contributed by atoms with Gasteiger partial charge in [0.25, 0.3) is 0 Å². The Morgan fingerprint density at radius 2 is 1.88 bits per heavy atom. The highest BCUT2D eigenvalue weighted by Crippen LogP contribution is 2.32. The summed E-state index contributed by atoms with van der Waals surface area (Å²) in [6.07, 6.45) is 1.18. The third-order valence-corrected chi connectivity index (χ3v) is 4.60. The highest BCUT2D eigenvalue weighted by molar-refractivity contribution is 5.85. The summed E-state index contributed by atoms with van der Waals surface area (Å²) in [6, 6.07) is 9.40. The van der Waals surface area contributed by atoms with E-state index in [1.807, 2.05) is 44.2 Å². The van der Waals surface area contributed by atoms with E-state index < -0.39 is 11.9 Å². The molecule has 2 rings (SSSR count). The smallest absolute Gasteiger partial charge is 0.308 e. The van der Waals surface area contributed by atoms with E-state index >= 15 is 0 Å². The third kappa shape index (κ3) is 5.31. The summed E-state index contributed by atoms with van der Waals surface area (Å²) in [5.74, 6) is -1.69. The van der Waals surface area contributed by atoms with Gasteiger partial charge >= 0.3 is 5.97 Å². The lowest BCUT2D eigenvalue weighted by Crippen LogP contribution is -2.39. The number of likely N-dealkylation sites (tertiary alicyclic amines) is 1. The van der Waals surface area contributed by atoms with Gasteiger partial charge in [0.15, 0.2) is 0 Å². The number of hydrogen-bond acceptors (Lipinski definition) is 3. The molecule has 2 amide bonds. The van der Waals surface area contributed by atoms with Crippen LogP contribution in [0.25, 0.3) is 0 Å². The van der Waals surface area contributed by atoms with Gasteiger partial charge in [0.2, 0.25) is 11.8 Å². The zero-order valence-corrected chi connectivity index (χ0v) is 14.8. The molecule has 1 aliphatic rings. The van der Waals surface area contributed by atoms with Gasteiger partial charge in [-0.1, -0.05) is 44.2 Å². The molecule has 0 aromatic heterocycles. The van der Waals surface area contributed by atoms with Crippen LogP contribution in [0, 0.1) is 11.8 Å². The minimum Gasteiger partial charge on any atom is -0.481 e. The quantitative estimate of drug-likeness (QED) is 0.789. The van der Waals surface area contributed by atoms with Crippen molar-refractivity contribution in [2.45, 2.75) is 32.6 Å². The fourth-order valence-corrected chi connectivity index (χ4v) is 3.09. The summed E-state index contributed by atoms with van der Waals surface area (Å²) in [5.41, 5.74) is 0.922. The first-order valence-electron chi connectivity index (χ1n) is 8.70. The fourth-order valence-electron chi connectivity index (χ4n) is 3.09. The molecular weight excluding hydrogens is 320 g/mol. The van der Waals surface area contributed by atoms with Crippen LogP contribution in [0.4, 0.5) is 0 Å². The van der Waals surface area contributed by atoms with Crippen molar-refractivity contribution in [2.75, 3.05) is 19.6 Å². The number of nitrogens with zero attached hydrogens (tertiary/aromatic N) is 1. The number of hydrogen-bond donors (Lipinski definition) is 2. The highest BCUT2D eigenvalue weighted by Gasteiger charge is 2.40. The van der Waals surface area contributed by atoms with Gasteiger partial charge in [-0.15, -0.1) is 0 Å². The van der Waals surface area contributed by atoms with Gasteiger partial charge in [0.05, 0.1) is 12.5 Å². The molecule has 0 saturated carbocycles. The van der Waals surface area contributed by atoms with Crippen LogP contribution >= 0.6 is 0 Å². The van der Waals surface area contributed by atoms with E-state index in [9.17, 15) is 19.5 Å². The third-order valence-electron chi connectivity index (χ3n) is 4.60. The minimum absolute atomic E-state index is 0.0786. The number of carboxylic acids is 1. The second-order valence-electron chi connectivity index (χ2n) is 6.97. The second kappa shape index (κ2) is 8.65. The van der Waals surface area contributed by atoms with Gasteiger partial charge in [-0.05, 0) is 17.9 Å². The van der Waals surface area contributed by atoms with Crippen LogP contribution < -0.4 is 5.32 Å². The monoisotopic (exact) mass is 346 g/mol. The summed E-state index contributed by atoms with van der Waals surface area (Å²) in [7, 11) is 0. The SMILES string of the molecule is CC(C)CCC(=O)NCC(=O)N1C[C@H](C(=O)O)[C@H](c2ccccc2)C1. The van der Waals surface area contributed by atoms with Gasteiger partial charge in [0.1, 0.15) is 0 Å². The summed E-state index contributed by atoms with van der Waals surface area (Å²) < 4.78 is 0. The topological polar surface area (TPSA) is 86.7 Å². The molecule has 0 unspecified atom stereocenters. The average molecular weight is 346 g/mol. The van der Waals surface area contributed by atoms with Crippen molar-refractivity contribution in [3.05, 3.63) is 35.9 Å². The van der Waals surface area contributed by atoms with Gasteiger partial charge in [-0.3, -0.25) is 14.4 Å². The number of aliphatic carboxylic acids is 1. The predicted octanol–water partition coefficient (Wildman–Crippen LogP) is 1.87. The first-order chi connectivity index (χ1) is 11.9. The first kappa shape index (κ1) is 19.0. The van der Waals surface area contributed by atoms with Crippen molar-refractivity contribution in [2.24, 2.45) is 11.8 Å². The maximum atomic E-state index is 12.4. The predicted molar refractivity (Wildman–Crippen MR) is 94.0 cm³/mol. The van der Waals surface area contributed by atoms with E-state index in [1.54, 1.807) is 4.90 Å². The van der Waals surface area contributed by atoms with E-state index in [0.717, 1.165) is 12.0 Å². The summed E-state index contributed by atoms with van der Waals surface area (Å²) in [5, 5.41) is 12.1. The number of rotatable bonds is 7. The first-order valence-corrected chi connectivity index (χ1v) is 8.70. The van der Waals surface area contributed by atoms with Crippen molar-refractivity contribution in [1.82, 2.24) is 10.2 Å². The molecule has 2 N–H and O–H groups in total. The normalized spacial score (nSPS) is 19.9. The molecule has 0 spiro atoms. The molecular formula is C19H26N2O4. The number of carboxylic acid groups (broad SMARTS) is 1. The summed E-state index contributed by atoms with van der Waals surface area (Å²) in [6.45, 7) is 4.54. The van der Waals surface area contributed by atoms with E-state index in [-0.39, 0.29) is 30.8 Å². The maximum absolute atomic E-state index is 12.4. The molecule has 136 valence electrons. The molecule has 6 nitrogen and oxygen atoms in total. The Bertz CT molecular complexity index is 615. The molecule has 0 radical (unpaired) electrons. The molecule has 2 atom stereocenters. The van der Waals surface area contributed by atoms with E-state index in [2.05, 4.69) is 5.32 Å². The number of carbonyl (C=O) groups is 3. The van der Waals surface area contributed by atoms with Crippen molar-refractivity contribution in [3.63, 3.8) is 0 Å². The van der Waals surface area contributed by atoms with Crippen LogP contribution in [0.15, 0.2) is 30.3 Å². The van der Waals surface area contributed by atoms with Crippen LogP contribution in [0.2, 0.25) is 0 Å². The van der Waals surface area contributed by atoms with Gasteiger partial charge < -0.3 is 15.3 Å². The number of benzene rings is 1. The molecule has 0 aliphatic carbocycles. The standard InChI is InChI=1S/C19H26N2O4/c1-13(2)8-9-17(22)20-10-18(23)21-11-15(16(12-21)19(24)25)14-6-4-3-5-7-14/h3-7,13,15-16H,8-12H2,1-2H3,(H,20,22)(H,24,25)/t15-,16-/m0/s1. The summed E-state index contributed by atoms with van der Waals surface area (Å²) in [4.78, 5) is 37.2. The molecule has 1 aliphatic heterocycles. The van der Waals surface area contributed by atoms with Crippen molar-refractivity contribution >= 4 is 17.8 Å². The zero-order chi connectivity index (χ0) is 18.4. The molecule has 1 aromatic carbocycles. The van der Waals surface area contributed by atoms with E-state index in [0.29, 0.717) is 18.9 Å². The number of nitrogens with one attached hydrogen (secondary N) is 1. The van der Waals surface area contributed by atoms with Crippen LogP contribution in [-0.2, 0) is 14.4 Å². The Morgan fingerprint density at radius 1 is 1.20 bits per heavy atom.